The molecule has 9 nitrogen and oxygen atoms in total. The van der Waals surface area contributed by atoms with E-state index >= 15 is 0 Å². The molecule has 1 amide bonds. The van der Waals surface area contributed by atoms with E-state index in [1.807, 2.05) is 0 Å². The van der Waals surface area contributed by atoms with Crippen molar-refractivity contribution in [2.75, 3.05) is 31.5 Å². The van der Waals surface area contributed by atoms with Crippen molar-refractivity contribution in [3.05, 3.63) is 63.2 Å². The molecule has 1 saturated heterocycles. The second-order valence-electron chi connectivity index (χ2n) is 7.09. The van der Waals surface area contributed by atoms with Gasteiger partial charge < -0.3 is 10.6 Å². The lowest BCUT2D eigenvalue weighted by molar-refractivity contribution is -0.384. The maximum absolute atomic E-state index is 12.9. The molecule has 11 heteroatoms. The smallest absolute Gasteiger partial charge is 0.269 e. The van der Waals surface area contributed by atoms with Gasteiger partial charge in [-0.15, -0.1) is 0 Å². The summed E-state index contributed by atoms with van der Waals surface area (Å²) in [7, 11) is -3.67. The molecule has 2 aromatic carbocycles. The highest BCUT2D eigenvalue weighted by molar-refractivity contribution is 7.89. The Kier molecular flexibility index (Phi) is 7.47. The number of non-ortho nitro benzene ring substituents is 1. The largest absolute Gasteiger partial charge is 0.383 e. The van der Waals surface area contributed by atoms with Crippen molar-refractivity contribution in [2.45, 2.75) is 24.2 Å². The van der Waals surface area contributed by atoms with Gasteiger partial charge in [-0.05, 0) is 43.2 Å². The van der Waals surface area contributed by atoms with Crippen LogP contribution in [0.25, 0.3) is 0 Å². The fourth-order valence-corrected chi connectivity index (χ4v) is 5.02. The van der Waals surface area contributed by atoms with Gasteiger partial charge in [-0.3, -0.25) is 14.9 Å². The molecule has 166 valence electrons. The van der Waals surface area contributed by atoms with Crippen LogP contribution in [0, 0.1) is 10.1 Å². The van der Waals surface area contributed by atoms with E-state index in [0.29, 0.717) is 25.3 Å². The van der Waals surface area contributed by atoms with Gasteiger partial charge in [-0.1, -0.05) is 18.0 Å². The zero-order valence-corrected chi connectivity index (χ0v) is 18.3. The summed E-state index contributed by atoms with van der Waals surface area (Å²) in [5.41, 5.74) is 0.760. The molecule has 0 aromatic heterocycles. The molecule has 0 bridgehead atoms. The first-order valence-corrected chi connectivity index (χ1v) is 11.7. The lowest BCUT2D eigenvalue weighted by Crippen LogP contribution is -2.35. The second-order valence-corrected chi connectivity index (χ2v) is 9.44. The Hall–Kier alpha value is -2.69. The van der Waals surface area contributed by atoms with Crippen molar-refractivity contribution in [2.24, 2.45) is 0 Å². The Bertz CT molecular complexity index is 1050. The minimum absolute atomic E-state index is 0.00659. The number of halogens is 1. The average Bonchev–Trinajstić information content (AvgIpc) is 2.77. The number of hydrogen-bond donors (Lipinski definition) is 2. The Labute approximate surface area is 185 Å². The zero-order chi connectivity index (χ0) is 22.4. The Balaban J connectivity index is 1.59. The van der Waals surface area contributed by atoms with Crippen LogP contribution in [0.1, 0.15) is 29.6 Å². The van der Waals surface area contributed by atoms with Crippen LogP contribution in [0.4, 0.5) is 11.4 Å². The van der Waals surface area contributed by atoms with Gasteiger partial charge in [0.15, 0.2) is 0 Å². The Morgan fingerprint density at radius 1 is 1.06 bits per heavy atom. The number of nitrogens with one attached hydrogen (secondary N) is 2. The third kappa shape index (κ3) is 5.72. The van der Waals surface area contributed by atoms with Crippen LogP contribution >= 0.6 is 11.6 Å². The first kappa shape index (κ1) is 23.0. The van der Waals surface area contributed by atoms with Crippen LogP contribution in [0.5, 0.6) is 0 Å². The summed E-state index contributed by atoms with van der Waals surface area (Å²) >= 11 is 6.14. The molecule has 0 atom stereocenters. The number of amides is 1. The first-order valence-electron chi connectivity index (χ1n) is 9.85. The van der Waals surface area contributed by atoms with Crippen LogP contribution in [0.3, 0.4) is 0 Å². The van der Waals surface area contributed by atoms with Crippen LogP contribution in [0.15, 0.2) is 47.4 Å². The maximum atomic E-state index is 12.9. The van der Waals surface area contributed by atoms with Gasteiger partial charge in [-0.2, -0.15) is 4.31 Å². The quantitative estimate of drug-likeness (QED) is 0.350. The summed E-state index contributed by atoms with van der Waals surface area (Å²) < 4.78 is 27.2. The molecule has 3 rings (SSSR count). The third-order valence-electron chi connectivity index (χ3n) is 4.95. The summed E-state index contributed by atoms with van der Waals surface area (Å²) in [5, 5.41) is 16.6. The topological polar surface area (TPSA) is 122 Å². The lowest BCUT2D eigenvalue weighted by Gasteiger charge is -2.26. The van der Waals surface area contributed by atoms with Crippen molar-refractivity contribution in [3.63, 3.8) is 0 Å². The number of anilines is 1. The molecule has 1 aliphatic heterocycles. The Morgan fingerprint density at radius 3 is 2.39 bits per heavy atom. The van der Waals surface area contributed by atoms with Gasteiger partial charge in [0.25, 0.3) is 11.6 Å². The van der Waals surface area contributed by atoms with E-state index in [1.165, 1.54) is 34.6 Å². The number of rotatable bonds is 8. The van der Waals surface area contributed by atoms with Gasteiger partial charge in [-0.25, -0.2) is 8.42 Å². The highest BCUT2D eigenvalue weighted by Gasteiger charge is 2.27. The van der Waals surface area contributed by atoms with E-state index in [4.69, 9.17) is 11.6 Å². The molecule has 0 radical (unpaired) electrons. The molecule has 1 fully saturated rings. The average molecular weight is 467 g/mol. The number of nitrogens with zero attached hydrogens (tertiary/aromatic N) is 2. The molecule has 2 N–H and O–H groups in total. The van der Waals surface area contributed by atoms with Crippen LogP contribution in [0.2, 0.25) is 5.02 Å². The predicted octanol–water partition coefficient (Wildman–Crippen LogP) is 3.26. The SMILES string of the molecule is O=C(NCCNc1ccc([N+](=O)[O-])cc1)c1cc(S(=O)(=O)N2CCCCC2)ccc1Cl. The Morgan fingerprint density at radius 2 is 1.74 bits per heavy atom. The fraction of sp³-hybridized carbons (Fsp3) is 0.350. The number of nitro groups is 1. The first-order chi connectivity index (χ1) is 14.8. The molecule has 31 heavy (non-hydrogen) atoms. The van der Waals surface area contributed by atoms with E-state index in [9.17, 15) is 23.3 Å². The predicted molar refractivity (Wildman–Crippen MR) is 118 cm³/mol. The van der Waals surface area contributed by atoms with Crippen molar-refractivity contribution in [1.82, 2.24) is 9.62 Å². The minimum atomic E-state index is -3.67. The number of hydrogen-bond acceptors (Lipinski definition) is 6. The van der Waals surface area contributed by atoms with E-state index in [1.54, 1.807) is 12.1 Å². The highest BCUT2D eigenvalue weighted by atomic mass is 35.5. The van der Waals surface area contributed by atoms with Crippen molar-refractivity contribution in [3.8, 4) is 0 Å². The van der Waals surface area contributed by atoms with Crippen LogP contribution in [-0.4, -0.2) is 49.7 Å². The molecule has 1 heterocycles. The zero-order valence-electron chi connectivity index (χ0n) is 16.7. The molecule has 0 aliphatic carbocycles. The van der Waals surface area contributed by atoms with E-state index in [2.05, 4.69) is 10.6 Å². The summed E-state index contributed by atoms with van der Waals surface area (Å²) in [5.74, 6) is -0.480. The molecule has 2 aromatic rings. The summed E-state index contributed by atoms with van der Waals surface area (Å²) in [6, 6.07) is 10.1. The summed E-state index contributed by atoms with van der Waals surface area (Å²) in [6.07, 6.45) is 2.65. The van der Waals surface area contributed by atoms with Gasteiger partial charge in [0.1, 0.15) is 0 Å². The lowest BCUT2D eigenvalue weighted by atomic mass is 10.2. The monoisotopic (exact) mass is 466 g/mol. The van der Waals surface area contributed by atoms with Crippen molar-refractivity contribution < 1.29 is 18.1 Å². The number of carbonyl (C=O) groups excluding carboxylic acids is 1. The van der Waals surface area contributed by atoms with Gasteiger partial charge in [0.05, 0.1) is 20.4 Å². The minimum Gasteiger partial charge on any atom is -0.383 e. The summed E-state index contributed by atoms with van der Waals surface area (Å²) in [6.45, 7) is 1.56. The van der Waals surface area contributed by atoms with Gasteiger partial charge in [0.2, 0.25) is 10.0 Å². The molecule has 0 saturated carbocycles. The number of benzene rings is 2. The maximum Gasteiger partial charge on any atom is 0.269 e. The normalized spacial score (nSPS) is 14.7. The summed E-state index contributed by atoms with van der Waals surface area (Å²) in [4.78, 5) is 22.8. The van der Waals surface area contributed by atoms with E-state index in [-0.39, 0.29) is 27.7 Å². The molecular formula is C20H23ClN4O5S. The van der Waals surface area contributed by atoms with Crippen molar-refractivity contribution >= 4 is 38.9 Å². The van der Waals surface area contributed by atoms with E-state index in [0.717, 1.165) is 19.3 Å². The highest BCUT2D eigenvalue weighted by Crippen LogP contribution is 2.25. The third-order valence-corrected chi connectivity index (χ3v) is 7.18. The van der Waals surface area contributed by atoms with E-state index < -0.39 is 20.9 Å². The van der Waals surface area contributed by atoms with Crippen molar-refractivity contribution in [1.29, 1.82) is 0 Å². The van der Waals surface area contributed by atoms with Gasteiger partial charge in [0, 0.05) is 44.0 Å². The van der Waals surface area contributed by atoms with Crippen LogP contribution < -0.4 is 10.6 Å². The standard InChI is InChI=1S/C20H23ClN4O5S/c21-19-9-8-17(31(29,30)24-12-2-1-3-13-24)14-18(19)20(26)23-11-10-22-15-4-6-16(7-5-15)25(27)28/h4-9,14,22H,1-3,10-13H2,(H,23,26). The number of nitro benzene ring substituents is 1. The van der Waals surface area contributed by atoms with Gasteiger partial charge >= 0.3 is 0 Å². The molecular weight excluding hydrogens is 444 g/mol. The number of carbonyl (C=O) groups is 1. The second kappa shape index (κ2) is 10.1. The number of sulfonamides is 1. The molecule has 1 aliphatic rings. The van der Waals surface area contributed by atoms with Crippen LogP contribution in [-0.2, 0) is 10.0 Å². The molecule has 0 unspecified atom stereocenters. The number of piperidine rings is 1. The molecule has 0 spiro atoms. The fourth-order valence-electron chi connectivity index (χ4n) is 3.27.